The minimum absolute atomic E-state index is 0.123. The van der Waals surface area contributed by atoms with Crippen LogP contribution < -0.4 is 4.72 Å². The molecule has 0 saturated heterocycles. The van der Waals surface area contributed by atoms with E-state index in [4.69, 9.17) is 4.42 Å². The SMILES string of the molecule is CC(C)n1cnnc1[C@H](C)NS(=O)(=O)c1ccc(-c2ccn[nH]2)o1. The smallest absolute Gasteiger partial charge is 0.274 e. The van der Waals surface area contributed by atoms with Gasteiger partial charge in [-0.3, -0.25) is 5.10 Å². The van der Waals surface area contributed by atoms with Crippen molar-refractivity contribution in [1.29, 1.82) is 0 Å². The average Bonchev–Trinajstić information content (AvgIpc) is 3.26. The van der Waals surface area contributed by atoms with Crippen molar-refractivity contribution < 1.29 is 12.8 Å². The van der Waals surface area contributed by atoms with Gasteiger partial charge in [0.1, 0.15) is 12.0 Å². The molecule has 0 saturated carbocycles. The number of hydrogen-bond acceptors (Lipinski definition) is 6. The Labute approximate surface area is 139 Å². The summed E-state index contributed by atoms with van der Waals surface area (Å²) >= 11 is 0. The number of nitrogens with zero attached hydrogens (tertiary/aromatic N) is 4. The Kier molecular flexibility index (Phi) is 4.24. The van der Waals surface area contributed by atoms with E-state index in [1.54, 1.807) is 31.6 Å². The van der Waals surface area contributed by atoms with Crippen LogP contribution in [0.2, 0.25) is 0 Å². The summed E-state index contributed by atoms with van der Waals surface area (Å²) in [7, 11) is -3.83. The molecule has 0 unspecified atom stereocenters. The lowest BCUT2D eigenvalue weighted by molar-refractivity contribution is 0.447. The zero-order valence-electron chi connectivity index (χ0n) is 13.5. The van der Waals surface area contributed by atoms with Crippen LogP contribution in [0.25, 0.3) is 11.5 Å². The van der Waals surface area contributed by atoms with Gasteiger partial charge in [0, 0.05) is 12.2 Å². The predicted octanol–water partition coefficient (Wildman–Crippen LogP) is 1.88. The monoisotopic (exact) mass is 350 g/mol. The van der Waals surface area contributed by atoms with Crippen molar-refractivity contribution in [2.24, 2.45) is 0 Å². The Morgan fingerprint density at radius 1 is 1.25 bits per heavy atom. The minimum atomic E-state index is -3.83. The number of nitrogens with one attached hydrogen (secondary N) is 2. The third-order valence-electron chi connectivity index (χ3n) is 3.49. The van der Waals surface area contributed by atoms with Crippen LogP contribution >= 0.6 is 0 Å². The lowest BCUT2D eigenvalue weighted by Crippen LogP contribution is -2.29. The van der Waals surface area contributed by atoms with Crippen molar-refractivity contribution in [3.63, 3.8) is 0 Å². The molecule has 128 valence electrons. The number of aromatic nitrogens is 5. The Bertz CT molecular complexity index is 910. The van der Waals surface area contributed by atoms with E-state index in [1.807, 2.05) is 18.4 Å². The fraction of sp³-hybridized carbons (Fsp3) is 0.357. The van der Waals surface area contributed by atoms with Crippen molar-refractivity contribution in [3.8, 4) is 11.5 Å². The van der Waals surface area contributed by atoms with Crippen LogP contribution in [-0.4, -0.2) is 33.4 Å². The topological polar surface area (TPSA) is 119 Å². The Morgan fingerprint density at radius 2 is 2.04 bits per heavy atom. The number of rotatable bonds is 6. The predicted molar refractivity (Wildman–Crippen MR) is 85.4 cm³/mol. The van der Waals surface area contributed by atoms with Gasteiger partial charge in [-0.05, 0) is 39.0 Å². The normalized spacial score (nSPS) is 13.5. The molecular weight excluding hydrogens is 332 g/mol. The first-order valence-electron chi connectivity index (χ1n) is 7.40. The second kappa shape index (κ2) is 6.21. The van der Waals surface area contributed by atoms with Gasteiger partial charge >= 0.3 is 0 Å². The first-order valence-corrected chi connectivity index (χ1v) is 8.88. The summed E-state index contributed by atoms with van der Waals surface area (Å²) in [6.07, 6.45) is 3.14. The summed E-state index contributed by atoms with van der Waals surface area (Å²) in [5.41, 5.74) is 0.601. The number of furan rings is 1. The van der Waals surface area contributed by atoms with Gasteiger partial charge in [-0.15, -0.1) is 10.2 Å². The molecule has 0 aromatic carbocycles. The summed E-state index contributed by atoms with van der Waals surface area (Å²) < 4.78 is 34.8. The van der Waals surface area contributed by atoms with Gasteiger partial charge in [-0.2, -0.15) is 9.82 Å². The van der Waals surface area contributed by atoms with Crippen LogP contribution in [0.5, 0.6) is 0 Å². The van der Waals surface area contributed by atoms with E-state index in [-0.39, 0.29) is 11.1 Å². The highest BCUT2D eigenvalue weighted by Gasteiger charge is 2.25. The maximum Gasteiger partial charge on any atom is 0.274 e. The van der Waals surface area contributed by atoms with E-state index in [2.05, 4.69) is 25.1 Å². The molecule has 0 spiro atoms. The van der Waals surface area contributed by atoms with Crippen LogP contribution in [0, 0.1) is 0 Å². The zero-order chi connectivity index (χ0) is 17.3. The highest BCUT2D eigenvalue weighted by molar-refractivity contribution is 7.89. The van der Waals surface area contributed by atoms with Gasteiger partial charge < -0.3 is 8.98 Å². The van der Waals surface area contributed by atoms with Crippen LogP contribution in [0.4, 0.5) is 0 Å². The van der Waals surface area contributed by atoms with Crippen LogP contribution in [0.1, 0.15) is 38.7 Å². The molecule has 1 atom stereocenters. The number of hydrogen-bond donors (Lipinski definition) is 2. The molecule has 10 heteroatoms. The summed E-state index contributed by atoms with van der Waals surface area (Å²) in [6.45, 7) is 5.65. The van der Waals surface area contributed by atoms with Crippen LogP contribution in [-0.2, 0) is 10.0 Å². The van der Waals surface area contributed by atoms with Gasteiger partial charge in [-0.25, -0.2) is 8.42 Å². The van der Waals surface area contributed by atoms with E-state index >= 15 is 0 Å². The summed E-state index contributed by atoms with van der Waals surface area (Å²) in [5.74, 6) is 0.930. The molecule has 0 aliphatic carbocycles. The zero-order valence-corrected chi connectivity index (χ0v) is 14.3. The van der Waals surface area contributed by atoms with Crippen molar-refractivity contribution in [3.05, 3.63) is 36.5 Å². The fourth-order valence-corrected chi connectivity index (χ4v) is 3.44. The molecule has 0 radical (unpaired) electrons. The largest absolute Gasteiger partial charge is 0.442 e. The highest BCUT2D eigenvalue weighted by atomic mass is 32.2. The molecule has 0 bridgehead atoms. The standard InChI is InChI=1S/C14H18N6O3S/c1-9(2)20-8-16-18-14(20)10(3)19-24(21,22)13-5-4-12(23-13)11-6-7-15-17-11/h4-10,19H,1-3H3,(H,15,17)/t10-/m0/s1. The van der Waals surface area contributed by atoms with E-state index in [1.165, 1.54) is 6.07 Å². The number of sulfonamides is 1. The summed E-state index contributed by atoms with van der Waals surface area (Å²) in [4.78, 5) is 0. The molecule has 3 heterocycles. The van der Waals surface area contributed by atoms with Crippen molar-refractivity contribution in [2.45, 2.75) is 37.9 Å². The number of aromatic amines is 1. The molecule has 24 heavy (non-hydrogen) atoms. The summed E-state index contributed by atoms with van der Waals surface area (Å²) in [6, 6.07) is 4.23. The quantitative estimate of drug-likeness (QED) is 0.700. The Morgan fingerprint density at radius 3 is 2.71 bits per heavy atom. The van der Waals surface area contributed by atoms with E-state index in [0.717, 1.165) is 0 Å². The second-order valence-corrected chi connectivity index (χ2v) is 7.27. The molecule has 0 fully saturated rings. The number of H-pyrrole nitrogens is 1. The Hall–Kier alpha value is -2.46. The van der Waals surface area contributed by atoms with E-state index < -0.39 is 16.1 Å². The Balaban J connectivity index is 1.82. The summed E-state index contributed by atoms with van der Waals surface area (Å²) in [5, 5.41) is 14.2. The lowest BCUT2D eigenvalue weighted by Gasteiger charge is -2.16. The van der Waals surface area contributed by atoms with Gasteiger partial charge in [0.15, 0.2) is 11.6 Å². The molecule has 3 rings (SSSR count). The molecule has 0 aliphatic rings. The van der Waals surface area contributed by atoms with E-state index in [9.17, 15) is 8.42 Å². The molecule has 3 aromatic rings. The minimum Gasteiger partial charge on any atom is -0.442 e. The lowest BCUT2D eigenvalue weighted by atomic mass is 10.3. The highest BCUT2D eigenvalue weighted by Crippen LogP contribution is 2.24. The third-order valence-corrected chi connectivity index (χ3v) is 4.90. The van der Waals surface area contributed by atoms with Crippen molar-refractivity contribution >= 4 is 10.0 Å². The van der Waals surface area contributed by atoms with Crippen molar-refractivity contribution in [1.82, 2.24) is 29.7 Å². The molecule has 0 amide bonds. The van der Waals surface area contributed by atoms with Crippen LogP contribution in [0.3, 0.4) is 0 Å². The molecule has 3 aromatic heterocycles. The van der Waals surface area contributed by atoms with Gasteiger partial charge in [0.2, 0.25) is 5.09 Å². The van der Waals surface area contributed by atoms with Crippen LogP contribution in [0.15, 0.2) is 40.2 Å². The fourth-order valence-electron chi connectivity index (χ4n) is 2.31. The molecule has 0 aliphatic heterocycles. The first kappa shape index (κ1) is 16.4. The van der Waals surface area contributed by atoms with Crippen molar-refractivity contribution in [2.75, 3.05) is 0 Å². The van der Waals surface area contributed by atoms with Gasteiger partial charge in [0.25, 0.3) is 10.0 Å². The molecule has 9 nitrogen and oxygen atoms in total. The van der Waals surface area contributed by atoms with E-state index in [0.29, 0.717) is 17.3 Å². The molecule has 2 N–H and O–H groups in total. The van der Waals surface area contributed by atoms with Gasteiger partial charge in [-0.1, -0.05) is 0 Å². The third kappa shape index (κ3) is 3.10. The molecular formula is C14H18N6O3S. The maximum atomic E-state index is 12.5. The average molecular weight is 350 g/mol. The maximum absolute atomic E-state index is 12.5. The van der Waals surface area contributed by atoms with Gasteiger partial charge in [0.05, 0.1) is 6.04 Å². The second-order valence-electron chi connectivity index (χ2n) is 5.62. The first-order chi connectivity index (χ1) is 11.4.